The molecule has 1 aliphatic rings. The zero-order valence-corrected chi connectivity index (χ0v) is 12.7. The van der Waals surface area contributed by atoms with Gasteiger partial charge in [-0.05, 0) is 42.5 Å². The van der Waals surface area contributed by atoms with E-state index in [4.69, 9.17) is 4.74 Å². The summed E-state index contributed by atoms with van der Waals surface area (Å²) in [5.41, 5.74) is 2.80. The van der Waals surface area contributed by atoms with E-state index in [1.54, 1.807) is 6.07 Å². The minimum atomic E-state index is -0.603. The zero-order chi connectivity index (χ0) is 15.4. The Kier molecular flexibility index (Phi) is 4.83. The number of carbonyl (C=O) groups excluding carboxylic acids is 2. The van der Waals surface area contributed by atoms with Gasteiger partial charge < -0.3 is 15.4 Å². The third-order valence-corrected chi connectivity index (χ3v) is 3.58. The first-order valence-corrected chi connectivity index (χ1v) is 7.26. The Labute approximate surface area is 125 Å². The predicted octanol–water partition coefficient (Wildman–Crippen LogP) is 1.97. The second-order valence-electron chi connectivity index (χ2n) is 5.73. The monoisotopic (exact) mass is 290 g/mol. The molecule has 5 nitrogen and oxygen atoms in total. The summed E-state index contributed by atoms with van der Waals surface area (Å²) in [6.45, 7) is 4.91. The van der Waals surface area contributed by atoms with Crippen LogP contribution < -0.4 is 10.6 Å². The van der Waals surface area contributed by atoms with Crippen LogP contribution in [0.2, 0.25) is 0 Å². The van der Waals surface area contributed by atoms with Gasteiger partial charge in [0.25, 0.3) is 5.91 Å². The molecule has 5 heteroatoms. The first-order chi connectivity index (χ1) is 10.0. The smallest absolute Gasteiger partial charge is 0.328 e. The number of hydrogen-bond acceptors (Lipinski definition) is 4. The van der Waals surface area contributed by atoms with E-state index < -0.39 is 12.0 Å². The van der Waals surface area contributed by atoms with E-state index in [0.29, 0.717) is 17.9 Å². The molecule has 1 amide bonds. The largest absolute Gasteiger partial charge is 0.467 e. The van der Waals surface area contributed by atoms with Gasteiger partial charge in [0, 0.05) is 17.8 Å². The minimum Gasteiger partial charge on any atom is -0.467 e. The predicted molar refractivity (Wildman–Crippen MR) is 81.4 cm³/mol. The second-order valence-corrected chi connectivity index (χ2v) is 5.73. The molecular weight excluding hydrogens is 268 g/mol. The highest BCUT2D eigenvalue weighted by atomic mass is 16.5. The van der Waals surface area contributed by atoms with Crippen LogP contribution in [0.5, 0.6) is 0 Å². The summed E-state index contributed by atoms with van der Waals surface area (Å²) in [5.74, 6) is -0.348. The zero-order valence-electron chi connectivity index (χ0n) is 12.7. The van der Waals surface area contributed by atoms with Crippen LogP contribution in [0.3, 0.4) is 0 Å². The van der Waals surface area contributed by atoms with Crippen LogP contribution in [0.1, 0.15) is 36.2 Å². The molecular formula is C16H22N2O3. The SMILES string of the molecule is COC(=O)C(CC(C)C)NC(=O)c1ccc2c(c1)CCN2. The van der Waals surface area contributed by atoms with Gasteiger partial charge >= 0.3 is 5.97 Å². The van der Waals surface area contributed by atoms with Crippen molar-refractivity contribution in [2.24, 2.45) is 5.92 Å². The van der Waals surface area contributed by atoms with Crippen LogP contribution in [-0.4, -0.2) is 31.6 Å². The van der Waals surface area contributed by atoms with E-state index in [2.05, 4.69) is 10.6 Å². The molecule has 0 saturated heterocycles. The molecule has 21 heavy (non-hydrogen) atoms. The quantitative estimate of drug-likeness (QED) is 0.814. The van der Waals surface area contributed by atoms with Crippen LogP contribution in [-0.2, 0) is 16.0 Å². The molecule has 1 aromatic carbocycles. The molecule has 114 valence electrons. The molecule has 0 aliphatic carbocycles. The minimum absolute atomic E-state index is 0.235. The van der Waals surface area contributed by atoms with Gasteiger partial charge in [-0.2, -0.15) is 0 Å². The number of benzene rings is 1. The number of rotatable bonds is 5. The summed E-state index contributed by atoms with van der Waals surface area (Å²) in [6.07, 6.45) is 1.48. The topological polar surface area (TPSA) is 67.4 Å². The summed E-state index contributed by atoms with van der Waals surface area (Å²) in [5, 5.41) is 6.03. The van der Waals surface area contributed by atoms with Gasteiger partial charge in [0.2, 0.25) is 0 Å². The van der Waals surface area contributed by atoms with Gasteiger partial charge in [-0.25, -0.2) is 4.79 Å². The van der Waals surface area contributed by atoms with Gasteiger partial charge in [0.05, 0.1) is 7.11 Å². The van der Waals surface area contributed by atoms with Gasteiger partial charge in [-0.15, -0.1) is 0 Å². The van der Waals surface area contributed by atoms with E-state index in [0.717, 1.165) is 24.2 Å². The number of fused-ring (bicyclic) bond motifs is 1. The first-order valence-electron chi connectivity index (χ1n) is 7.26. The Morgan fingerprint density at radius 2 is 2.14 bits per heavy atom. The summed E-state index contributed by atoms with van der Waals surface area (Å²) < 4.78 is 4.76. The fraction of sp³-hybridized carbons (Fsp3) is 0.500. The number of hydrogen-bond donors (Lipinski definition) is 2. The average Bonchev–Trinajstić information content (AvgIpc) is 2.92. The Hall–Kier alpha value is -2.04. The van der Waals surface area contributed by atoms with E-state index in [9.17, 15) is 9.59 Å². The molecule has 1 atom stereocenters. The van der Waals surface area contributed by atoms with Crippen LogP contribution in [0.25, 0.3) is 0 Å². The molecule has 0 spiro atoms. The van der Waals surface area contributed by atoms with Crippen molar-refractivity contribution < 1.29 is 14.3 Å². The van der Waals surface area contributed by atoms with E-state index in [1.165, 1.54) is 7.11 Å². The Bertz CT molecular complexity index is 540. The first kappa shape index (κ1) is 15.4. The molecule has 2 N–H and O–H groups in total. The van der Waals surface area contributed by atoms with Gasteiger partial charge in [-0.1, -0.05) is 13.8 Å². The lowest BCUT2D eigenvalue weighted by molar-refractivity contribution is -0.143. The van der Waals surface area contributed by atoms with Gasteiger partial charge in [0.15, 0.2) is 0 Å². The van der Waals surface area contributed by atoms with Crippen molar-refractivity contribution >= 4 is 17.6 Å². The van der Waals surface area contributed by atoms with Crippen molar-refractivity contribution in [3.63, 3.8) is 0 Å². The van der Waals surface area contributed by atoms with Crippen molar-refractivity contribution in [3.05, 3.63) is 29.3 Å². The van der Waals surface area contributed by atoms with Gasteiger partial charge in [0.1, 0.15) is 6.04 Å². The lowest BCUT2D eigenvalue weighted by Gasteiger charge is -2.18. The van der Waals surface area contributed by atoms with Crippen molar-refractivity contribution in [2.45, 2.75) is 32.7 Å². The van der Waals surface area contributed by atoms with Crippen molar-refractivity contribution in [1.82, 2.24) is 5.32 Å². The molecule has 2 rings (SSSR count). The third-order valence-electron chi connectivity index (χ3n) is 3.58. The van der Waals surface area contributed by atoms with E-state index >= 15 is 0 Å². The summed E-state index contributed by atoms with van der Waals surface area (Å²) in [6, 6.07) is 4.96. The van der Waals surface area contributed by atoms with Gasteiger partial charge in [-0.3, -0.25) is 4.79 Å². The average molecular weight is 290 g/mol. The highest BCUT2D eigenvalue weighted by Gasteiger charge is 2.23. The summed E-state index contributed by atoms with van der Waals surface area (Å²) in [7, 11) is 1.34. The van der Waals surface area contributed by atoms with Crippen molar-refractivity contribution in [1.29, 1.82) is 0 Å². The Morgan fingerprint density at radius 1 is 1.38 bits per heavy atom. The number of ether oxygens (including phenoxy) is 1. The van der Waals surface area contributed by atoms with Crippen LogP contribution in [0.4, 0.5) is 5.69 Å². The molecule has 1 heterocycles. The maximum absolute atomic E-state index is 12.3. The van der Waals surface area contributed by atoms with Crippen molar-refractivity contribution in [2.75, 3.05) is 19.0 Å². The highest BCUT2D eigenvalue weighted by Crippen LogP contribution is 2.23. The number of nitrogens with one attached hydrogen (secondary N) is 2. The van der Waals surface area contributed by atoms with Crippen LogP contribution in [0, 0.1) is 5.92 Å². The summed E-state index contributed by atoms with van der Waals surface area (Å²) >= 11 is 0. The Balaban J connectivity index is 2.09. The molecule has 0 aromatic heterocycles. The molecule has 0 saturated carbocycles. The van der Waals surface area contributed by atoms with Crippen molar-refractivity contribution in [3.8, 4) is 0 Å². The normalized spacial score (nSPS) is 14.3. The van der Waals surface area contributed by atoms with Crippen LogP contribution in [0.15, 0.2) is 18.2 Å². The number of anilines is 1. The molecule has 1 aromatic rings. The lowest BCUT2D eigenvalue weighted by atomic mass is 10.0. The number of methoxy groups -OCH3 is 1. The number of esters is 1. The molecule has 0 bridgehead atoms. The molecule has 1 aliphatic heterocycles. The molecule has 0 fully saturated rings. The second kappa shape index (κ2) is 6.61. The Morgan fingerprint density at radius 3 is 2.81 bits per heavy atom. The van der Waals surface area contributed by atoms with E-state index in [1.807, 2.05) is 26.0 Å². The maximum Gasteiger partial charge on any atom is 0.328 e. The van der Waals surface area contributed by atoms with E-state index in [-0.39, 0.29) is 5.91 Å². The maximum atomic E-state index is 12.3. The fourth-order valence-electron chi connectivity index (χ4n) is 2.52. The summed E-state index contributed by atoms with van der Waals surface area (Å²) in [4.78, 5) is 24.1. The fourth-order valence-corrected chi connectivity index (χ4v) is 2.52. The van der Waals surface area contributed by atoms with Crippen LogP contribution >= 0.6 is 0 Å². The molecule has 0 radical (unpaired) electrons. The number of carbonyl (C=O) groups is 2. The third kappa shape index (κ3) is 3.74. The number of amides is 1. The highest BCUT2D eigenvalue weighted by molar-refractivity contribution is 5.97. The molecule has 1 unspecified atom stereocenters. The lowest BCUT2D eigenvalue weighted by Crippen LogP contribution is -2.42. The standard InChI is InChI=1S/C16H22N2O3/c1-10(2)8-14(16(20)21-3)18-15(19)12-4-5-13-11(9-12)6-7-17-13/h4-5,9-10,14,17H,6-8H2,1-3H3,(H,18,19).